The van der Waals surface area contributed by atoms with Gasteiger partial charge in [-0.1, -0.05) is 23.4 Å². The van der Waals surface area contributed by atoms with E-state index in [0.717, 1.165) is 46.7 Å². The molecule has 1 aliphatic carbocycles. The number of ether oxygens (including phenoxy) is 2. The van der Waals surface area contributed by atoms with E-state index in [1.165, 1.54) is 28.6 Å². The highest BCUT2D eigenvalue weighted by Gasteiger charge is 2.22. The third-order valence-electron chi connectivity index (χ3n) is 5.69. The van der Waals surface area contributed by atoms with Gasteiger partial charge in [0.25, 0.3) is 5.56 Å². The van der Waals surface area contributed by atoms with Crippen LogP contribution < -0.4 is 15.0 Å². The number of benzene rings is 2. The minimum absolute atomic E-state index is 0.000273. The largest absolute Gasteiger partial charge is 0.497 e. The summed E-state index contributed by atoms with van der Waals surface area (Å²) in [5.41, 5.74) is 1.97. The summed E-state index contributed by atoms with van der Waals surface area (Å²) < 4.78 is 12.8. The Balaban J connectivity index is 1.45. The van der Waals surface area contributed by atoms with Gasteiger partial charge in [0.15, 0.2) is 5.16 Å². The number of nitrogens with zero attached hydrogens (tertiary/aromatic N) is 2. The maximum absolute atomic E-state index is 13.7. The van der Waals surface area contributed by atoms with E-state index in [0.29, 0.717) is 22.5 Å². The normalized spacial score (nSPS) is 13.2. The van der Waals surface area contributed by atoms with Crippen molar-refractivity contribution in [3.63, 3.8) is 0 Å². The molecule has 0 saturated heterocycles. The standard InChI is InChI=1S/C25H23ClN2O3S2/c1-30-18-10-12-19(13-11-18)31-14-15-32-25-27-23-22(20-4-2-3-5-21(20)33-23)24(29)28(25)17-8-6-16(26)7-9-17/h6-13H,2-5,14-15H2,1H3. The summed E-state index contributed by atoms with van der Waals surface area (Å²) in [4.78, 5) is 20.8. The van der Waals surface area contributed by atoms with Crippen LogP contribution in [0.1, 0.15) is 23.3 Å². The van der Waals surface area contributed by atoms with Crippen molar-refractivity contribution in [2.24, 2.45) is 0 Å². The average molecular weight is 499 g/mol. The first kappa shape index (κ1) is 22.3. The van der Waals surface area contributed by atoms with Crippen LogP contribution >= 0.6 is 34.7 Å². The lowest BCUT2D eigenvalue weighted by atomic mass is 9.97. The molecule has 2 aromatic heterocycles. The molecule has 0 N–H and O–H groups in total. The molecule has 33 heavy (non-hydrogen) atoms. The summed E-state index contributed by atoms with van der Waals surface area (Å²) in [7, 11) is 1.64. The minimum atomic E-state index is 0.000273. The van der Waals surface area contributed by atoms with E-state index in [2.05, 4.69) is 0 Å². The Bertz CT molecular complexity index is 1330. The van der Waals surface area contributed by atoms with E-state index >= 15 is 0 Å². The summed E-state index contributed by atoms with van der Waals surface area (Å²) in [5, 5.41) is 2.09. The fourth-order valence-corrected chi connectivity index (χ4v) is 6.32. The lowest BCUT2D eigenvalue weighted by Crippen LogP contribution is -2.22. The summed E-state index contributed by atoms with van der Waals surface area (Å²) in [6.45, 7) is 0.493. The van der Waals surface area contributed by atoms with Gasteiger partial charge in [-0.3, -0.25) is 9.36 Å². The molecule has 2 heterocycles. The van der Waals surface area contributed by atoms with E-state index < -0.39 is 0 Å². The lowest BCUT2D eigenvalue weighted by molar-refractivity contribution is 0.342. The van der Waals surface area contributed by atoms with Crippen LogP contribution in [0.25, 0.3) is 15.9 Å². The van der Waals surface area contributed by atoms with Gasteiger partial charge < -0.3 is 9.47 Å². The van der Waals surface area contributed by atoms with Crippen LogP contribution in [0.3, 0.4) is 0 Å². The number of hydrogen-bond donors (Lipinski definition) is 0. The summed E-state index contributed by atoms with van der Waals surface area (Å²) in [6, 6.07) is 14.8. The zero-order chi connectivity index (χ0) is 22.8. The number of thiophene rings is 1. The SMILES string of the molecule is COc1ccc(OCCSc2nc3sc4c(c3c(=O)n2-c2ccc(Cl)cc2)CCCC4)cc1. The van der Waals surface area contributed by atoms with Crippen LogP contribution in [0.15, 0.2) is 58.5 Å². The zero-order valence-corrected chi connectivity index (χ0v) is 20.6. The van der Waals surface area contributed by atoms with Gasteiger partial charge in [0, 0.05) is 15.7 Å². The highest BCUT2D eigenvalue weighted by molar-refractivity contribution is 7.99. The molecule has 0 atom stereocenters. The number of rotatable bonds is 7. The summed E-state index contributed by atoms with van der Waals surface area (Å²) in [6.07, 6.45) is 4.29. The Morgan fingerprint density at radius 2 is 1.79 bits per heavy atom. The van der Waals surface area contributed by atoms with E-state index in [1.54, 1.807) is 35.1 Å². The Morgan fingerprint density at radius 1 is 1.06 bits per heavy atom. The van der Waals surface area contributed by atoms with Crippen LogP contribution in [-0.4, -0.2) is 29.0 Å². The fraction of sp³-hybridized carbons (Fsp3) is 0.280. The molecule has 1 aliphatic rings. The van der Waals surface area contributed by atoms with Gasteiger partial charge in [-0.05, 0) is 79.8 Å². The molecular weight excluding hydrogens is 476 g/mol. The minimum Gasteiger partial charge on any atom is -0.497 e. The van der Waals surface area contributed by atoms with E-state index in [-0.39, 0.29) is 5.56 Å². The lowest BCUT2D eigenvalue weighted by Gasteiger charge is -2.14. The number of fused-ring (bicyclic) bond motifs is 3. The van der Waals surface area contributed by atoms with Gasteiger partial charge in [-0.2, -0.15) is 0 Å². The molecule has 170 valence electrons. The van der Waals surface area contributed by atoms with Crippen LogP contribution in [-0.2, 0) is 12.8 Å². The number of methoxy groups -OCH3 is 1. The molecule has 0 aliphatic heterocycles. The van der Waals surface area contributed by atoms with Crippen molar-refractivity contribution in [3.8, 4) is 17.2 Å². The molecule has 4 aromatic rings. The quantitative estimate of drug-likeness (QED) is 0.173. The van der Waals surface area contributed by atoms with Crippen molar-refractivity contribution >= 4 is 44.9 Å². The molecule has 0 spiro atoms. The molecular formula is C25H23ClN2O3S2. The predicted molar refractivity (Wildman–Crippen MR) is 136 cm³/mol. The van der Waals surface area contributed by atoms with Crippen molar-refractivity contribution in [1.29, 1.82) is 0 Å². The van der Waals surface area contributed by atoms with Gasteiger partial charge >= 0.3 is 0 Å². The topological polar surface area (TPSA) is 53.4 Å². The van der Waals surface area contributed by atoms with E-state index in [4.69, 9.17) is 26.1 Å². The molecule has 0 bridgehead atoms. The summed E-state index contributed by atoms with van der Waals surface area (Å²) in [5.74, 6) is 2.23. The highest BCUT2D eigenvalue weighted by atomic mass is 35.5. The van der Waals surface area contributed by atoms with Gasteiger partial charge in [0.2, 0.25) is 0 Å². The molecule has 0 saturated carbocycles. The summed E-state index contributed by atoms with van der Waals surface area (Å²) >= 11 is 9.30. The Hall–Kier alpha value is -2.48. The molecule has 5 rings (SSSR count). The Labute approximate surface area is 205 Å². The average Bonchev–Trinajstić information content (AvgIpc) is 3.22. The van der Waals surface area contributed by atoms with Crippen molar-refractivity contribution < 1.29 is 9.47 Å². The van der Waals surface area contributed by atoms with Crippen LogP contribution in [0.4, 0.5) is 0 Å². The number of halogens is 1. The maximum atomic E-state index is 13.7. The molecule has 2 aromatic carbocycles. The van der Waals surface area contributed by atoms with E-state index in [1.807, 2.05) is 36.4 Å². The number of hydrogen-bond acceptors (Lipinski definition) is 6. The highest BCUT2D eigenvalue weighted by Crippen LogP contribution is 2.35. The van der Waals surface area contributed by atoms with Crippen molar-refractivity contribution in [2.75, 3.05) is 19.5 Å². The number of aromatic nitrogens is 2. The van der Waals surface area contributed by atoms with Gasteiger partial charge in [-0.15, -0.1) is 11.3 Å². The second-order valence-electron chi connectivity index (χ2n) is 7.77. The number of aryl methyl sites for hydroxylation is 2. The van der Waals surface area contributed by atoms with Crippen LogP contribution in [0, 0.1) is 0 Å². The third-order valence-corrected chi connectivity index (χ3v) is 8.03. The van der Waals surface area contributed by atoms with Gasteiger partial charge in [-0.25, -0.2) is 4.98 Å². The first-order valence-corrected chi connectivity index (χ1v) is 13.0. The van der Waals surface area contributed by atoms with E-state index in [9.17, 15) is 4.79 Å². The Morgan fingerprint density at radius 3 is 2.55 bits per heavy atom. The first-order valence-electron chi connectivity index (χ1n) is 10.9. The first-order chi connectivity index (χ1) is 16.1. The smallest absolute Gasteiger partial charge is 0.267 e. The van der Waals surface area contributed by atoms with Crippen LogP contribution in [0.5, 0.6) is 11.5 Å². The van der Waals surface area contributed by atoms with Crippen molar-refractivity contribution in [3.05, 3.63) is 74.3 Å². The zero-order valence-electron chi connectivity index (χ0n) is 18.2. The third kappa shape index (κ3) is 4.63. The molecule has 8 heteroatoms. The van der Waals surface area contributed by atoms with Gasteiger partial charge in [0.05, 0.1) is 24.8 Å². The van der Waals surface area contributed by atoms with Crippen molar-refractivity contribution in [1.82, 2.24) is 9.55 Å². The molecule has 5 nitrogen and oxygen atoms in total. The van der Waals surface area contributed by atoms with Gasteiger partial charge in [0.1, 0.15) is 16.3 Å². The second kappa shape index (κ2) is 9.79. The number of thioether (sulfide) groups is 1. The molecule has 0 fully saturated rings. The monoisotopic (exact) mass is 498 g/mol. The molecule has 0 radical (unpaired) electrons. The maximum Gasteiger partial charge on any atom is 0.267 e. The predicted octanol–water partition coefficient (Wildman–Crippen LogP) is 6.16. The Kier molecular flexibility index (Phi) is 6.62. The van der Waals surface area contributed by atoms with Crippen LogP contribution in [0.2, 0.25) is 5.02 Å². The molecule has 0 amide bonds. The molecule has 0 unspecified atom stereocenters. The van der Waals surface area contributed by atoms with Crippen molar-refractivity contribution in [2.45, 2.75) is 30.8 Å². The fourth-order valence-electron chi connectivity index (χ4n) is 4.07. The second-order valence-corrected chi connectivity index (χ2v) is 10.4.